The standard InChI is InChI=1S/C19H22ClN3O4/c20-13-1-2-15-12(9-13)10-14(22-15)11-21-16(24)3-6-19(8-5-18(26)27)7-4-17(25)23-19/h1-2,9-10,22H,3-8,11H2,(H,21,24)(H,23,25)(H,26,27)/t19-/m1/s1. The van der Waals surface area contributed by atoms with Crippen LogP contribution in [0.15, 0.2) is 24.3 Å². The molecule has 0 saturated carbocycles. The van der Waals surface area contributed by atoms with Gasteiger partial charge in [-0.1, -0.05) is 11.6 Å². The number of carboxylic acid groups (broad SMARTS) is 1. The SMILES string of the molecule is O=C(O)CC[C@@]1(CCC(=O)NCc2cc3cc(Cl)ccc3[nH]2)CCC(=O)N1. The Morgan fingerprint density at radius 2 is 2.00 bits per heavy atom. The second kappa shape index (κ2) is 8.00. The van der Waals surface area contributed by atoms with Gasteiger partial charge in [-0.15, -0.1) is 0 Å². The van der Waals surface area contributed by atoms with Crippen LogP contribution in [-0.4, -0.2) is 33.4 Å². The normalized spacial score (nSPS) is 19.2. The molecule has 1 fully saturated rings. The Morgan fingerprint density at radius 1 is 1.22 bits per heavy atom. The lowest BCUT2D eigenvalue weighted by atomic mass is 9.86. The van der Waals surface area contributed by atoms with Crippen molar-refractivity contribution in [2.24, 2.45) is 0 Å². The van der Waals surface area contributed by atoms with E-state index in [9.17, 15) is 14.4 Å². The number of aromatic amines is 1. The third kappa shape index (κ3) is 5.01. The maximum atomic E-state index is 12.2. The molecule has 1 aromatic carbocycles. The first kappa shape index (κ1) is 19.2. The number of benzene rings is 1. The van der Waals surface area contributed by atoms with Gasteiger partial charge in [0.1, 0.15) is 0 Å². The number of carbonyl (C=O) groups excluding carboxylic acids is 2. The Balaban J connectivity index is 1.53. The summed E-state index contributed by atoms with van der Waals surface area (Å²) in [6.45, 7) is 0.361. The van der Waals surface area contributed by atoms with Crippen molar-refractivity contribution in [2.75, 3.05) is 0 Å². The topological polar surface area (TPSA) is 111 Å². The highest BCUT2D eigenvalue weighted by atomic mass is 35.5. The van der Waals surface area contributed by atoms with E-state index in [0.29, 0.717) is 37.3 Å². The largest absolute Gasteiger partial charge is 0.481 e. The average molecular weight is 392 g/mol. The number of carbonyl (C=O) groups is 3. The maximum absolute atomic E-state index is 12.2. The zero-order valence-corrected chi connectivity index (χ0v) is 15.6. The van der Waals surface area contributed by atoms with Crippen molar-refractivity contribution in [3.63, 3.8) is 0 Å². The van der Waals surface area contributed by atoms with E-state index < -0.39 is 11.5 Å². The first-order valence-corrected chi connectivity index (χ1v) is 9.30. The minimum Gasteiger partial charge on any atom is -0.481 e. The number of carboxylic acids is 1. The van der Waals surface area contributed by atoms with Crippen LogP contribution < -0.4 is 10.6 Å². The fourth-order valence-electron chi connectivity index (χ4n) is 3.51. The monoisotopic (exact) mass is 391 g/mol. The van der Waals surface area contributed by atoms with Crippen LogP contribution in [0.3, 0.4) is 0 Å². The van der Waals surface area contributed by atoms with Crippen LogP contribution in [-0.2, 0) is 20.9 Å². The molecule has 0 spiro atoms. The van der Waals surface area contributed by atoms with Crippen molar-refractivity contribution in [1.82, 2.24) is 15.6 Å². The summed E-state index contributed by atoms with van der Waals surface area (Å²) >= 11 is 5.98. The molecule has 2 heterocycles. The minimum absolute atomic E-state index is 0.0283. The van der Waals surface area contributed by atoms with Gasteiger partial charge in [0.2, 0.25) is 11.8 Å². The van der Waals surface area contributed by atoms with Gasteiger partial charge >= 0.3 is 5.97 Å². The van der Waals surface area contributed by atoms with Gasteiger partial charge in [0.25, 0.3) is 0 Å². The maximum Gasteiger partial charge on any atom is 0.303 e. The Morgan fingerprint density at radius 3 is 2.70 bits per heavy atom. The van der Waals surface area contributed by atoms with E-state index in [0.717, 1.165) is 16.6 Å². The van der Waals surface area contributed by atoms with Crippen molar-refractivity contribution in [3.05, 3.63) is 35.0 Å². The highest BCUT2D eigenvalue weighted by Gasteiger charge is 2.37. The second-order valence-corrected chi connectivity index (χ2v) is 7.46. The molecule has 144 valence electrons. The Bertz CT molecular complexity index is 879. The van der Waals surface area contributed by atoms with Crippen molar-refractivity contribution in [1.29, 1.82) is 0 Å². The molecule has 0 unspecified atom stereocenters. The van der Waals surface area contributed by atoms with Crippen molar-refractivity contribution in [2.45, 2.75) is 50.6 Å². The molecule has 27 heavy (non-hydrogen) atoms. The fraction of sp³-hybridized carbons (Fsp3) is 0.421. The Hall–Kier alpha value is -2.54. The first-order valence-electron chi connectivity index (χ1n) is 8.92. The quantitative estimate of drug-likeness (QED) is 0.554. The van der Waals surface area contributed by atoms with Gasteiger partial charge in [0.05, 0.1) is 6.54 Å². The van der Waals surface area contributed by atoms with Gasteiger partial charge in [0, 0.05) is 46.4 Å². The summed E-state index contributed by atoms with van der Waals surface area (Å²) in [6.07, 6.45) is 1.91. The third-order valence-electron chi connectivity index (χ3n) is 5.00. The van der Waals surface area contributed by atoms with Gasteiger partial charge < -0.3 is 20.7 Å². The number of H-pyrrole nitrogens is 1. The van der Waals surface area contributed by atoms with E-state index in [-0.39, 0.29) is 24.7 Å². The van der Waals surface area contributed by atoms with Crippen LogP contribution >= 0.6 is 11.6 Å². The first-order chi connectivity index (χ1) is 12.8. The van der Waals surface area contributed by atoms with Crippen LogP contribution in [0.4, 0.5) is 0 Å². The summed E-state index contributed by atoms with van der Waals surface area (Å²) in [7, 11) is 0. The van der Waals surface area contributed by atoms with Gasteiger partial charge in [-0.3, -0.25) is 14.4 Å². The van der Waals surface area contributed by atoms with Gasteiger partial charge in [0.15, 0.2) is 0 Å². The molecule has 4 N–H and O–H groups in total. The summed E-state index contributed by atoms with van der Waals surface area (Å²) in [4.78, 5) is 37.9. The van der Waals surface area contributed by atoms with E-state index >= 15 is 0 Å². The number of nitrogens with one attached hydrogen (secondary N) is 3. The number of hydrogen-bond donors (Lipinski definition) is 4. The summed E-state index contributed by atoms with van der Waals surface area (Å²) < 4.78 is 0. The molecule has 0 aliphatic carbocycles. The average Bonchev–Trinajstić information content (AvgIpc) is 3.19. The number of amides is 2. The van der Waals surface area contributed by atoms with Crippen LogP contribution in [0, 0.1) is 0 Å². The molecule has 7 nitrogen and oxygen atoms in total. The predicted octanol–water partition coefficient (Wildman–Crippen LogP) is 2.73. The van der Waals surface area contributed by atoms with E-state index in [2.05, 4.69) is 15.6 Å². The van der Waals surface area contributed by atoms with E-state index in [1.165, 1.54) is 0 Å². The molecular weight excluding hydrogens is 370 g/mol. The molecule has 0 radical (unpaired) electrons. The number of rotatable bonds is 8. The molecule has 1 saturated heterocycles. The molecule has 3 rings (SSSR count). The summed E-state index contributed by atoms with van der Waals surface area (Å²) in [5, 5.41) is 16.3. The molecule has 1 aliphatic rings. The number of fused-ring (bicyclic) bond motifs is 1. The third-order valence-corrected chi connectivity index (χ3v) is 5.23. The summed E-state index contributed by atoms with van der Waals surface area (Å²) in [5.74, 6) is -1.13. The lowest BCUT2D eigenvalue weighted by Crippen LogP contribution is -2.43. The van der Waals surface area contributed by atoms with Crippen LogP contribution in [0.2, 0.25) is 5.02 Å². The number of hydrogen-bond acceptors (Lipinski definition) is 3. The van der Waals surface area contributed by atoms with Crippen molar-refractivity contribution in [3.8, 4) is 0 Å². The molecule has 1 aliphatic heterocycles. The van der Waals surface area contributed by atoms with Crippen LogP contribution in [0.1, 0.15) is 44.2 Å². The molecule has 2 amide bonds. The van der Waals surface area contributed by atoms with E-state index in [4.69, 9.17) is 16.7 Å². The minimum atomic E-state index is -0.904. The second-order valence-electron chi connectivity index (χ2n) is 7.03. The van der Waals surface area contributed by atoms with Crippen LogP contribution in [0.25, 0.3) is 10.9 Å². The highest BCUT2D eigenvalue weighted by Crippen LogP contribution is 2.30. The van der Waals surface area contributed by atoms with Gasteiger partial charge in [-0.05, 0) is 43.5 Å². The summed E-state index contributed by atoms with van der Waals surface area (Å²) in [6, 6.07) is 7.48. The van der Waals surface area contributed by atoms with Crippen molar-refractivity contribution < 1.29 is 19.5 Å². The molecule has 1 aromatic heterocycles. The molecule has 1 atom stereocenters. The zero-order valence-electron chi connectivity index (χ0n) is 14.8. The number of aliphatic carboxylic acids is 1. The fourth-order valence-corrected chi connectivity index (χ4v) is 3.69. The number of halogens is 1. The van der Waals surface area contributed by atoms with E-state index in [1.807, 2.05) is 18.2 Å². The lowest BCUT2D eigenvalue weighted by molar-refractivity contribution is -0.137. The van der Waals surface area contributed by atoms with Gasteiger partial charge in [-0.2, -0.15) is 0 Å². The highest BCUT2D eigenvalue weighted by molar-refractivity contribution is 6.31. The lowest BCUT2D eigenvalue weighted by Gasteiger charge is -2.28. The Kier molecular flexibility index (Phi) is 5.70. The van der Waals surface area contributed by atoms with Crippen LogP contribution in [0.5, 0.6) is 0 Å². The van der Waals surface area contributed by atoms with E-state index in [1.54, 1.807) is 6.07 Å². The number of aromatic nitrogens is 1. The Labute approximate surface area is 161 Å². The van der Waals surface area contributed by atoms with Gasteiger partial charge in [-0.25, -0.2) is 0 Å². The van der Waals surface area contributed by atoms with Crippen molar-refractivity contribution >= 4 is 40.3 Å². The molecule has 2 aromatic rings. The smallest absolute Gasteiger partial charge is 0.303 e. The summed E-state index contributed by atoms with van der Waals surface area (Å²) in [5.41, 5.74) is 1.23. The molecular formula is C19H22ClN3O4. The molecule has 0 bridgehead atoms. The molecule has 8 heteroatoms. The predicted molar refractivity (Wildman–Crippen MR) is 101 cm³/mol. The zero-order chi connectivity index (χ0) is 19.4.